The maximum absolute atomic E-state index is 10.9. The van der Waals surface area contributed by atoms with Gasteiger partial charge in [-0.05, 0) is 18.2 Å². The average Bonchev–Trinajstić information content (AvgIpc) is 2.78. The van der Waals surface area contributed by atoms with Gasteiger partial charge in [0.05, 0.1) is 5.69 Å². The fourth-order valence-electron chi connectivity index (χ4n) is 1.28. The summed E-state index contributed by atoms with van der Waals surface area (Å²) >= 11 is 0. The Morgan fingerprint density at radius 1 is 1.44 bits per heavy atom. The van der Waals surface area contributed by atoms with Crippen molar-refractivity contribution in [2.75, 3.05) is 0 Å². The normalized spacial score (nSPS) is 10.0. The van der Waals surface area contributed by atoms with E-state index in [1.807, 2.05) is 0 Å². The third-order valence-corrected chi connectivity index (χ3v) is 2.02. The number of carbonyl (C=O) groups excluding carboxylic acids is 2. The number of aromatic nitrogens is 3. The highest BCUT2D eigenvalue weighted by Gasteiger charge is 2.08. The highest BCUT2D eigenvalue weighted by molar-refractivity contribution is 5.90. The van der Waals surface area contributed by atoms with E-state index in [-0.39, 0.29) is 11.4 Å². The first-order chi connectivity index (χ1) is 7.72. The van der Waals surface area contributed by atoms with E-state index in [2.05, 4.69) is 10.1 Å². The van der Waals surface area contributed by atoms with Crippen molar-refractivity contribution in [3.63, 3.8) is 0 Å². The number of hydrogen-bond acceptors (Lipinski definition) is 4. The summed E-state index contributed by atoms with van der Waals surface area (Å²) in [5, 5.41) is 3.93. The fourth-order valence-corrected chi connectivity index (χ4v) is 1.28. The first kappa shape index (κ1) is 10.0. The van der Waals surface area contributed by atoms with Crippen molar-refractivity contribution in [1.29, 1.82) is 0 Å². The Labute approximate surface area is 90.7 Å². The summed E-state index contributed by atoms with van der Waals surface area (Å²) in [6, 6.07) is 4.83. The van der Waals surface area contributed by atoms with Crippen LogP contribution < -0.4 is 5.73 Å². The molecule has 0 aliphatic rings. The van der Waals surface area contributed by atoms with E-state index in [1.165, 1.54) is 16.9 Å². The van der Waals surface area contributed by atoms with E-state index in [0.717, 1.165) is 0 Å². The van der Waals surface area contributed by atoms with Crippen molar-refractivity contribution in [2.45, 2.75) is 0 Å². The molecule has 6 heteroatoms. The number of amides is 1. The van der Waals surface area contributed by atoms with Crippen molar-refractivity contribution in [3.8, 4) is 5.69 Å². The van der Waals surface area contributed by atoms with Crippen molar-refractivity contribution in [2.24, 2.45) is 5.73 Å². The number of nitrogens with zero attached hydrogens (tertiary/aromatic N) is 3. The smallest absolute Gasteiger partial charge is 0.269 e. The van der Waals surface area contributed by atoms with Gasteiger partial charge in [-0.25, -0.2) is 4.68 Å². The molecule has 1 amide bonds. The number of aldehydes is 1. The molecule has 0 aromatic carbocycles. The minimum Gasteiger partial charge on any atom is -0.364 e. The zero-order valence-electron chi connectivity index (χ0n) is 8.20. The van der Waals surface area contributed by atoms with Crippen LogP contribution in [-0.4, -0.2) is 27.0 Å². The predicted molar refractivity (Wildman–Crippen MR) is 55.3 cm³/mol. The molecule has 0 saturated carbocycles. The van der Waals surface area contributed by atoms with E-state index in [4.69, 9.17) is 5.73 Å². The van der Waals surface area contributed by atoms with Crippen LogP contribution in [0.3, 0.4) is 0 Å². The van der Waals surface area contributed by atoms with Crippen molar-refractivity contribution < 1.29 is 9.59 Å². The van der Waals surface area contributed by atoms with E-state index in [9.17, 15) is 9.59 Å². The number of pyridine rings is 1. The van der Waals surface area contributed by atoms with Gasteiger partial charge in [-0.3, -0.25) is 14.6 Å². The van der Waals surface area contributed by atoms with Crippen LogP contribution in [0.2, 0.25) is 0 Å². The summed E-state index contributed by atoms with van der Waals surface area (Å²) in [4.78, 5) is 25.5. The van der Waals surface area contributed by atoms with E-state index in [1.54, 1.807) is 18.3 Å². The molecule has 2 heterocycles. The summed E-state index contributed by atoms with van der Waals surface area (Å²) in [5.74, 6) is -0.615. The van der Waals surface area contributed by atoms with Gasteiger partial charge in [-0.2, -0.15) is 5.10 Å². The molecule has 6 nitrogen and oxygen atoms in total. The maximum atomic E-state index is 10.9. The zero-order valence-corrected chi connectivity index (χ0v) is 8.20. The molecule has 2 aromatic heterocycles. The van der Waals surface area contributed by atoms with Gasteiger partial charge in [0.15, 0.2) is 6.29 Å². The van der Waals surface area contributed by atoms with Crippen molar-refractivity contribution in [1.82, 2.24) is 14.8 Å². The van der Waals surface area contributed by atoms with Gasteiger partial charge in [0, 0.05) is 12.4 Å². The highest BCUT2D eigenvalue weighted by atomic mass is 16.1. The summed E-state index contributed by atoms with van der Waals surface area (Å²) < 4.78 is 1.39. The number of nitrogens with two attached hydrogens (primary N) is 1. The molecule has 0 aliphatic carbocycles. The number of primary amides is 1. The molecule has 2 aromatic rings. The maximum Gasteiger partial charge on any atom is 0.269 e. The van der Waals surface area contributed by atoms with Crippen LogP contribution in [0.5, 0.6) is 0 Å². The zero-order chi connectivity index (χ0) is 11.5. The number of carbonyl (C=O) groups is 2. The number of rotatable bonds is 3. The van der Waals surface area contributed by atoms with Crippen LogP contribution in [0.1, 0.15) is 21.0 Å². The van der Waals surface area contributed by atoms with Gasteiger partial charge in [-0.15, -0.1) is 0 Å². The van der Waals surface area contributed by atoms with E-state index in [0.29, 0.717) is 12.0 Å². The average molecular weight is 216 g/mol. The third-order valence-electron chi connectivity index (χ3n) is 2.02. The molecular weight excluding hydrogens is 208 g/mol. The first-order valence-electron chi connectivity index (χ1n) is 4.48. The lowest BCUT2D eigenvalue weighted by molar-refractivity contribution is 0.0995. The Bertz CT molecular complexity index is 547. The lowest BCUT2D eigenvalue weighted by Crippen LogP contribution is -2.12. The topological polar surface area (TPSA) is 90.9 Å². The van der Waals surface area contributed by atoms with Gasteiger partial charge in [-0.1, -0.05) is 0 Å². The Hall–Kier alpha value is -2.50. The molecule has 0 fully saturated rings. The molecule has 0 saturated heterocycles. The molecule has 0 atom stereocenters. The first-order valence-corrected chi connectivity index (χ1v) is 4.48. The molecule has 0 aliphatic heterocycles. The van der Waals surface area contributed by atoms with E-state index >= 15 is 0 Å². The largest absolute Gasteiger partial charge is 0.364 e. The lowest BCUT2D eigenvalue weighted by Gasteiger charge is -2.02. The molecule has 80 valence electrons. The molecule has 0 unspecified atom stereocenters. The third kappa shape index (κ3) is 1.68. The van der Waals surface area contributed by atoms with Crippen LogP contribution in [0.15, 0.2) is 30.6 Å². The highest BCUT2D eigenvalue weighted by Crippen LogP contribution is 2.09. The minimum atomic E-state index is -0.615. The van der Waals surface area contributed by atoms with Crippen LogP contribution in [-0.2, 0) is 0 Å². The Morgan fingerprint density at radius 2 is 2.25 bits per heavy atom. The Kier molecular flexibility index (Phi) is 2.47. The summed E-state index contributed by atoms with van der Waals surface area (Å²) in [6.07, 6.45) is 3.68. The molecule has 16 heavy (non-hydrogen) atoms. The molecule has 2 rings (SSSR count). The second-order valence-electron chi connectivity index (χ2n) is 3.04. The standard InChI is InChI=1S/C10H8N4O2/c11-10(16)7-3-5-14(13-7)9-2-1-4-12-8(9)6-15/h1-6H,(H2,11,16). The van der Waals surface area contributed by atoms with Gasteiger partial charge < -0.3 is 5.73 Å². The van der Waals surface area contributed by atoms with Crippen molar-refractivity contribution >= 4 is 12.2 Å². The molecule has 0 radical (unpaired) electrons. The SMILES string of the molecule is NC(=O)c1ccn(-c2cccnc2C=O)n1. The predicted octanol–water partition coefficient (Wildman–Crippen LogP) is 0.179. The van der Waals surface area contributed by atoms with Crippen molar-refractivity contribution in [3.05, 3.63) is 42.0 Å². The summed E-state index contributed by atoms with van der Waals surface area (Å²) in [5.41, 5.74) is 5.97. The van der Waals surface area contributed by atoms with Crippen LogP contribution in [0, 0.1) is 0 Å². The number of hydrogen-bond donors (Lipinski definition) is 1. The summed E-state index contributed by atoms with van der Waals surface area (Å²) in [7, 11) is 0. The quantitative estimate of drug-likeness (QED) is 0.741. The molecule has 0 bridgehead atoms. The summed E-state index contributed by atoms with van der Waals surface area (Å²) in [6.45, 7) is 0. The Morgan fingerprint density at radius 3 is 2.88 bits per heavy atom. The molecule has 2 N–H and O–H groups in total. The van der Waals surface area contributed by atoms with Gasteiger partial charge in [0.25, 0.3) is 5.91 Å². The second-order valence-corrected chi connectivity index (χ2v) is 3.04. The van der Waals surface area contributed by atoms with Gasteiger partial charge in [0.2, 0.25) is 0 Å². The van der Waals surface area contributed by atoms with Gasteiger partial charge in [0.1, 0.15) is 11.4 Å². The van der Waals surface area contributed by atoms with E-state index < -0.39 is 5.91 Å². The van der Waals surface area contributed by atoms with Crippen LogP contribution in [0.25, 0.3) is 5.69 Å². The van der Waals surface area contributed by atoms with Crippen LogP contribution >= 0.6 is 0 Å². The monoisotopic (exact) mass is 216 g/mol. The van der Waals surface area contributed by atoms with Crippen LogP contribution in [0.4, 0.5) is 0 Å². The van der Waals surface area contributed by atoms with Gasteiger partial charge >= 0.3 is 0 Å². The second kappa shape index (κ2) is 3.93. The lowest BCUT2D eigenvalue weighted by atomic mass is 10.3. The molecule has 0 spiro atoms. The minimum absolute atomic E-state index is 0.140. The fraction of sp³-hybridized carbons (Fsp3) is 0. The Balaban J connectivity index is 2.50. The molecular formula is C10H8N4O2.